The summed E-state index contributed by atoms with van der Waals surface area (Å²) in [5.74, 6) is 2.25. The first-order valence-electron chi connectivity index (χ1n) is 4.07. The van der Waals surface area contributed by atoms with Crippen LogP contribution in [0.2, 0.25) is 0 Å². The van der Waals surface area contributed by atoms with Gasteiger partial charge in [-0.1, -0.05) is 6.92 Å². The lowest BCUT2D eigenvalue weighted by Gasteiger charge is -2.30. The van der Waals surface area contributed by atoms with Crippen molar-refractivity contribution in [1.82, 2.24) is 5.32 Å². The highest BCUT2D eigenvalue weighted by molar-refractivity contribution is 7.99. The second-order valence-corrected chi connectivity index (χ2v) is 4.06. The molecule has 3 heteroatoms. The summed E-state index contributed by atoms with van der Waals surface area (Å²) in [6.07, 6.45) is 2.00. The van der Waals surface area contributed by atoms with Crippen LogP contribution in [0.4, 0.5) is 0 Å². The predicted molar refractivity (Wildman–Crippen MR) is 48.6 cm³/mol. The molecule has 11 heavy (non-hydrogen) atoms. The van der Waals surface area contributed by atoms with Crippen molar-refractivity contribution in [3.05, 3.63) is 0 Å². The van der Waals surface area contributed by atoms with E-state index in [0.717, 1.165) is 30.9 Å². The van der Waals surface area contributed by atoms with Gasteiger partial charge in [0.15, 0.2) is 0 Å². The Bertz CT molecular complexity index is 150. The molecule has 0 aromatic rings. The molecule has 0 aromatic carbocycles. The second-order valence-electron chi connectivity index (χ2n) is 2.84. The Morgan fingerprint density at radius 2 is 2.18 bits per heavy atom. The van der Waals surface area contributed by atoms with E-state index in [0.29, 0.717) is 0 Å². The van der Waals surface area contributed by atoms with Crippen molar-refractivity contribution in [3.63, 3.8) is 0 Å². The molecule has 0 unspecified atom stereocenters. The van der Waals surface area contributed by atoms with Crippen LogP contribution in [0.15, 0.2) is 0 Å². The Morgan fingerprint density at radius 3 is 2.64 bits per heavy atom. The molecule has 0 radical (unpaired) electrons. The Balaban J connectivity index is 2.51. The number of hydrogen-bond donors (Lipinski definition) is 1. The SMILES string of the molecule is CCNC1(C#N)CCSCC1. The molecule has 2 nitrogen and oxygen atoms in total. The number of hydrogen-bond acceptors (Lipinski definition) is 3. The molecule has 1 N–H and O–H groups in total. The molecule has 1 fully saturated rings. The summed E-state index contributed by atoms with van der Waals surface area (Å²) in [6.45, 7) is 2.96. The molecule has 1 rings (SSSR count). The van der Waals surface area contributed by atoms with Crippen LogP contribution in [0.25, 0.3) is 0 Å². The van der Waals surface area contributed by atoms with Crippen molar-refractivity contribution in [2.24, 2.45) is 0 Å². The lowest BCUT2D eigenvalue weighted by atomic mass is 9.94. The molecule has 1 aliphatic rings. The lowest BCUT2D eigenvalue weighted by molar-refractivity contribution is 0.395. The maximum absolute atomic E-state index is 8.95. The monoisotopic (exact) mass is 170 g/mol. The third-order valence-electron chi connectivity index (χ3n) is 2.08. The van der Waals surface area contributed by atoms with Crippen LogP contribution in [-0.4, -0.2) is 23.6 Å². The molecule has 0 atom stereocenters. The Kier molecular flexibility index (Phi) is 3.22. The van der Waals surface area contributed by atoms with Crippen LogP contribution in [-0.2, 0) is 0 Å². The van der Waals surface area contributed by atoms with Gasteiger partial charge in [0.25, 0.3) is 0 Å². The third-order valence-corrected chi connectivity index (χ3v) is 3.06. The van der Waals surface area contributed by atoms with Crippen molar-refractivity contribution < 1.29 is 0 Å². The molecular formula is C8H14N2S. The van der Waals surface area contributed by atoms with Crippen molar-refractivity contribution >= 4 is 11.8 Å². The Labute approximate surface area is 72.4 Å². The summed E-state index contributed by atoms with van der Waals surface area (Å²) >= 11 is 1.95. The fourth-order valence-corrected chi connectivity index (χ4v) is 2.58. The van der Waals surface area contributed by atoms with Gasteiger partial charge in [0.05, 0.1) is 6.07 Å². The van der Waals surface area contributed by atoms with Gasteiger partial charge in [0.1, 0.15) is 5.54 Å². The van der Waals surface area contributed by atoms with E-state index in [-0.39, 0.29) is 5.54 Å². The van der Waals surface area contributed by atoms with Crippen LogP contribution in [0.5, 0.6) is 0 Å². The molecular weight excluding hydrogens is 156 g/mol. The number of nitriles is 1. The summed E-state index contributed by atoms with van der Waals surface area (Å²) in [4.78, 5) is 0. The van der Waals surface area contributed by atoms with Gasteiger partial charge < -0.3 is 0 Å². The van der Waals surface area contributed by atoms with Gasteiger partial charge in [0.2, 0.25) is 0 Å². The molecule has 1 aliphatic heterocycles. The van der Waals surface area contributed by atoms with Crippen LogP contribution in [0.1, 0.15) is 19.8 Å². The highest BCUT2D eigenvalue weighted by Gasteiger charge is 2.30. The fraction of sp³-hybridized carbons (Fsp3) is 0.875. The smallest absolute Gasteiger partial charge is 0.108 e. The third kappa shape index (κ3) is 2.11. The second kappa shape index (κ2) is 3.99. The zero-order chi connectivity index (χ0) is 8.16. The zero-order valence-electron chi connectivity index (χ0n) is 6.89. The molecule has 1 saturated heterocycles. The first-order chi connectivity index (χ1) is 5.33. The molecule has 1 heterocycles. The molecule has 0 bridgehead atoms. The quantitative estimate of drug-likeness (QED) is 0.680. The summed E-state index contributed by atoms with van der Waals surface area (Å²) in [7, 11) is 0. The Morgan fingerprint density at radius 1 is 1.55 bits per heavy atom. The van der Waals surface area contributed by atoms with Crippen molar-refractivity contribution in [2.45, 2.75) is 25.3 Å². The zero-order valence-corrected chi connectivity index (χ0v) is 7.71. The maximum Gasteiger partial charge on any atom is 0.108 e. The number of nitrogens with zero attached hydrogens (tertiary/aromatic N) is 1. The van der Waals surface area contributed by atoms with Crippen LogP contribution >= 0.6 is 11.8 Å². The average Bonchev–Trinajstić information content (AvgIpc) is 2.07. The first kappa shape index (κ1) is 8.89. The molecule has 0 spiro atoms. The Hall–Kier alpha value is -0.200. The van der Waals surface area contributed by atoms with Gasteiger partial charge in [-0.3, -0.25) is 5.32 Å². The van der Waals surface area contributed by atoms with Gasteiger partial charge in [-0.15, -0.1) is 0 Å². The fourth-order valence-electron chi connectivity index (χ4n) is 1.39. The van der Waals surface area contributed by atoms with Gasteiger partial charge in [0, 0.05) is 0 Å². The summed E-state index contributed by atoms with van der Waals surface area (Å²) in [6, 6.07) is 2.39. The molecule has 0 amide bonds. The van der Waals surface area contributed by atoms with E-state index in [1.165, 1.54) is 0 Å². The van der Waals surface area contributed by atoms with Crippen LogP contribution in [0, 0.1) is 11.3 Å². The van der Waals surface area contributed by atoms with E-state index >= 15 is 0 Å². The lowest BCUT2D eigenvalue weighted by Crippen LogP contribution is -2.46. The standard InChI is InChI=1S/C8H14N2S/c1-2-10-8(7-9)3-5-11-6-4-8/h10H,2-6H2,1H3. The molecule has 0 aliphatic carbocycles. The van der Waals surface area contributed by atoms with Gasteiger partial charge >= 0.3 is 0 Å². The van der Waals surface area contributed by atoms with E-state index in [1.807, 2.05) is 11.8 Å². The minimum atomic E-state index is -0.194. The van der Waals surface area contributed by atoms with E-state index in [4.69, 9.17) is 5.26 Å². The van der Waals surface area contributed by atoms with E-state index < -0.39 is 0 Å². The van der Waals surface area contributed by atoms with Crippen LogP contribution in [0.3, 0.4) is 0 Å². The van der Waals surface area contributed by atoms with Crippen LogP contribution < -0.4 is 5.32 Å². The topological polar surface area (TPSA) is 35.8 Å². The first-order valence-corrected chi connectivity index (χ1v) is 5.22. The number of nitrogens with one attached hydrogen (secondary N) is 1. The largest absolute Gasteiger partial charge is 0.300 e. The van der Waals surface area contributed by atoms with Gasteiger partial charge in [-0.2, -0.15) is 17.0 Å². The van der Waals surface area contributed by atoms with E-state index in [2.05, 4.69) is 18.3 Å². The van der Waals surface area contributed by atoms with Crippen molar-refractivity contribution in [2.75, 3.05) is 18.1 Å². The normalized spacial score (nSPS) is 22.5. The van der Waals surface area contributed by atoms with E-state index in [9.17, 15) is 0 Å². The predicted octanol–water partition coefficient (Wildman–Crippen LogP) is 1.39. The minimum Gasteiger partial charge on any atom is -0.300 e. The summed E-state index contributed by atoms with van der Waals surface area (Å²) < 4.78 is 0. The maximum atomic E-state index is 8.95. The van der Waals surface area contributed by atoms with Crippen molar-refractivity contribution in [3.8, 4) is 6.07 Å². The number of thioether (sulfide) groups is 1. The van der Waals surface area contributed by atoms with Crippen molar-refractivity contribution in [1.29, 1.82) is 5.26 Å². The molecule has 62 valence electrons. The van der Waals surface area contributed by atoms with Gasteiger partial charge in [-0.25, -0.2) is 0 Å². The summed E-state index contributed by atoms with van der Waals surface area (Å²) in [5, 5.41) is 12.2. The van der Waals surface area contributed by atoms with E-state index in [1.54, 1.807) is 0 Å². The molecule has 0 saturated carbocycles. The molecule has 0 aromatic heterocycles. The minimum absolute atomic E-state index is 0.194. The number of rotatable bonds is 2. The highest BCUT2D eigenvalue weighted by Crippen LogP contribution is 2.25. The highest BCUT2D eigenvalue weighted by atomic mass is 32.2. The summed E-state index contributed by atoms with van der Waals surface area (Å²) in [5.41, 5.74) is -0.194. The average molecular weight is 170 g/mol. The van der Waals surface area contributed by atoms with Gasteiger partial charge in [-0.05, 0) is 30.9 Å².